The summed E-state index contributed by atoms with van der Waals surface area (Å²) in [4.78, 5) is 22.6. The second kappa shape index (κ2) is 15.7. The fourth-order valence-corrected chi connectivity index (χ4v) is 5.39. The molecule has 0 saturated carbocycles. The summed E-state index contributed by atoms with van der Waals surface area (Å²) in [5.41, 5.74) is 2.36. The third-order valence-corrected chi connectivity index (χ3v) is 7.45. The second-order valence-electron chi connectivity index (χ2n) is 9.09. The van der Waals surface area contributed by atoms with Crippen LogP contribution < -0.4 is 0 Å². The second-order valence-corrected chi connectivity index (χ2v) is 10.5. The highest BCUT2D eigenvalue weighted by molar-refractivity contribution is 8.00. The minimum Gasteiger partial charge on any atom is -0.452 e. The molecule has 1 saturated heterocycles. The summed E-state index contributed by atoms with van der Waals surface area (Å²) in [6.07, 6.45) is -0.458. The normalized spacial score (nSPS) is 19.7. The van der Waals surface area contributed by atoms with Crippen LogP contribution in [0.3, 0.4) is 0 Å². The number of carbonyl (C=O) groups excluding carboxylic acids is 2. The van der Waals surface area contributed by atoms with Crippen LogP contribution in [0.2, 0.25) is 0 Å². The Hall–Kier alpha value is -3.75. The highest BCUT2D eigenvalue weighted by Gasteiger charge is 2.47. The Labute approximate surface area is 238 Å². The number of benzene rings is 4. The van der Waals surface area contributed by atoms with Gasteiger partial charge in [-0.25, -0.2) is 4.79 Å². The summed E-state index contributed by atoms with van der Waals surface area (Å²) >= 11 is 1.32. The molecular weight excluding hydrogens is 524 g/mol. The molecule has 7 heteroatoms. The summed E-state index contributed by atoms with van der Waals surface area (Å²) in [6.45, 7) is 1.19. The van der Waals surface area contributed by atoms with E-state index in [0.29, 0.717) is 25.4 Å². The Morgan fingerprint density at radius 3 is 1.80 bits per heavy atom. The molecule has 4 aromatic carbocycles. The molecule has 206 valence electrons. The van der Waals surface area contributed by atoms with Gasteiger partial charge in [0.2, 0.25) is 0 Å². The lowest BCUT2D eigenvalue weighted by Crippen LogP contribution is -2.40. The molecule has 4 atom stereocenters. The zero-order valence-corrected chi connectivity index (χ0v) is 22.8. The molecule has 1 aliphatic rings. The molecule has 4 aromatic rings. The Morgan fingerprint density at radius 1 is 0.725 bits per heavy atom. The van der Waals surface area contributed by atoms with Crippen molar-refractivity contribution >= 4 is 24.0 Å². The van der Waals surface area contributed by atoms with E-state index in [1.54, 1.807) is 36.4 Å². The molecular formula is C33H32O6S. The summed E-state index contributed by atoms with van der Waals surface area (Å²) in [7, 11) is 0. The molecule has 1 unspecified atom stereocenters. The van der Waals surface area contributed by atoms with Crippen LogP contribution >= 0.6 is 11.8 Å². The van der Waals surface area contributed by atoms with Crippen LogP contribution in [0.1, 0.15) is 31.8 Å². The summed E-state index contributed by atoms with van der Waals surface area (Å²) in [6, 6.07) is 37.6. The van der Waals surface area contributed by atoms with Gasteiger partial charge in [-0.15, -0.1) is 11.8 Å². The first-order valence-electron chi connectivity index (χ1n) is 13.0. The fourth-order valence-electron chi connectivity index (χ4n) is 4.10. The molecule has 0 bridgehead atoms. The standard InChI is InChI=1S/C26H26O5S.C7H6O/c27-25(21-14-8-3-9-15-21)31-24-23(30-17-20-12-6-2-7-13-20)22(32-26(24)28)18-29-16-19-10-4-1-5-11-19;8-6-7-4-2-1-3-5-7/h1-15,22-24,26,28H,16-18H2;1-6H/t22-,23-,24+,26?;/m1./s1. The summed E-state index contributed by atoms with van der Waals surface area (Å²) in [5, 5.41) is 10.5. The maximum Gasteiger partial charge on any atom is 0.338 e. The first kappa shape index (κ1) is 29.2. The molecule has 0 spiro atoms. The Morgan fingerprint density at radius 2 is 1.25 bits per heavy atom. The molecule has 0 aliphatic carbocycles. The van der Waals surface area contributed by atoms with Gasteiger partial charge in [-0.1, -0.05) is 109 Å². The van der Waals surface area contributed by atoms with Gasteiger partial charge in [0.05, 0.1) is 30.6 Å². The molecule has 6 nitrogen and oxygen atoms in total. The largest absolute Gasteiger partial charge is 0.452 e. The minimum absolute atomic E-state index is 0.175. The van der Waals surface area contributed by atoms with Crippen LogP contribution in [0.25, 0.3) is 0 Å². The molecule has 0 aromatic heterocycles. The van der Waals surface area contributed by atoms with Crippen molar-refractivity contribution in [3.05, 3.63) is 144 Å². The molecule has 1 N–H and O–H groups in total. The maximum atomic E-state index is 12.6. The van der Waals surface area contributed by atoms with Gasteiger partial charge in [0.25, 0.3) is 0 Å². The number of thioether (sulfide) groups is 1. The number of aldehydes is 1. The van der Waals surface area contributed by atoms with Crippen molar-refractivity contribution in [1.82, 2.24) is 0 Å². The molecule has 5 rings (SSSR count). The third-order valence-electron chi connectivity index (χ3n) is 6.15. The maximum absolute atomic E-state index is 12.6. The molecule has 0 amide bonds. The van der Waals surface area contributed by atoms with Crippen molar-refractivity contribution in [3.8, 4) is 0 Å². The van der Waals surface area contributed by atoms with Gasteiger partial charge < -0.3 is 19.3 Å². The number of hydrogen-bond donors (Lipinski definition) is 1. The van der Waals surface area contributed by atoms with Gasteiger partial charge in [-0.05, 0) is 23.3 Å². The van der Waals surface area contributed by atoms with E-state index < -0.39 is 23.6 Å². The molecule has 0 radical (unpaired) electrons. The lowest BCUT2D eigenvalue weighted by atomic mass is 10.1. The minimum atomic E-state index is -0.895. The van der Waals surface area contributed by atoms with Crippen LogP contribution in [-0.4, -0.2) is 46.9 Å². The lowest BCUT2D eigenvalue weighted by Gasteiger charge is -2.25. The monoisotopic (exact) mass is 556 g/mol. The Balaban J connectivity index is 0.000000398. The first-order valence-corrected chi connectivity index (χ1v) is 14.0. The molecule has 1 heterocycles. The van der Waals surface area contributed by atoms with Gasteiger partial charge >= 0.3 is 5.97 Å². The number of esters is 1. The third kappa shape index (κ3) is 8.89. The lowest BCUT2D eigenvalue weighted by molar-refractivity contribution is -0.0806. The predicted octanol–water partition coefficient (Wildman–Crippen LogP) is 5.95. The van der Waals surface area contributed by atoms with Crippen molar-refractivity contribution in [1.29, 1.82) is 0 Å². The van der Waals surface area contributed by atoms with Crippen LogP contribution in [0, 0.1) is 0 Å². The van der Waals surface area contributed by atoms with E-state index in [1.165, 1.54) is 11.8 Å². The van der Waals surface area contributed by atoms with Crippen LogP contribution in [0.4, 0.5) is 0 Å². The number of carbonyl (C=O) groups is 2. The van der Waals surface area contributed by atoms with E-state index in [1.807, 2.05) is 84.9 Å². The van der Waals surface area contributed by atoms with Gasteiger partial charge in [0, 0.05) is 5.56 Å². The average molecular weight is 557 g/mol. The topological polar surface area (TPSA) is 82.1 Å². The van der Waals surface area contributed by atoms with E-state index >= 15 is 0 Å². The predicted molar refractivity (Wildman–Crippen MR) is 156 cm³/mol. The van der Waals surface area contributed by atoms with E-state index in [0.717, 1.165) is 23.0 Å². The van der Waals surface area contributed by atoms with Crippen LogP contribution in [-0.2, 0) is 27.4 Å². The number of hydrogen-bond acceptors (Lipinski definition) is 7. The number of ether oxygens (including phenoxy) is 3. The molecule has 40 heavy (non-hydrogen) atoms. The quantitative estimate of drug-likeness (QED) is 0.191. The van der Waals surface area contributed by atoms with Crippen molar-refractivity contribution in [2.75, 3.05) is 6.61 Å². The average Bonchev–Trinajstić information content (AvgIpc) is 3.31. The van der Waals surface area contributed by atoms with Gasteiger partial charge in [-0.2, -0.15) is 0 Å². The van der Waals surface area contributed by atoms with Crippen molar-refractivity contribution in [2.24, 2.45) is 0 Å². The van der Waals surface area contributed by atoms with Crippen LogP contribution in [0.5, 0.6) is 0 Å². The SMILES string of the molecule is O=C(O[C@@H]1C(O)S[C@H](COCc2ccccc2)[C@H]1OCc1ccccc1)c1ccccc1.O=Cc1ccccc1. The Bertz CT molecular complexity index is 1290. The van der Waals surface area contributed by atoms with Gasteiger partial charge in [-0.3, -0.25) is 4.79 Å². The zero-order chi connectivity index (χ0) is 28.0. The summed E-state index contributed by atoms with van der Waals surface area (Å²) < 4.78 is 17.8. The van der Waals surface area contributed by atoms with Crippen molar-refractivity contribution in [3.63, 3.8) is 0 Å². The van der Waals surface area contributed by atoms with Crippen molar-refractivity contribution in [2.45, 2.75) is 36.1 Å². The Kier molecular flexibility index (Phi) is 11.5. The fraction of sp³-hybridized carbons (Fsp3) is 0.212. The van der Waals surface area contributed by atoms with Crippen molar-refractivity contribution < 1.29 is 28.9 Å². The van der Waals surface area contributed by atoms with E-state index in [4.69, 9.17) is 14.2 Å². The highest BCUT2D eigenvalue weighted by atomic mass is 32.2. The smallest absolute Gasteiger partial charge is 0.338 e. The molecule has 1 aliphatic heterocycles. The van der Waals surface area contributed by atoms with Crippen LogP contribution in [0.15, 0.2) is 121 Å². The number of aliphatic hydroxyl groups excluding tert-OH is 1. The molecule has 1 fully saturated rings. The van der Waals surface area contributed by atoms with E-state index in [9.17, 15) is 14.7 Å². The number of aliphatic hydroxyl groups is 1. The van der Waals surface area contributed by atoms with Gasteiger partial charge in [0.1, 0.15) is 17.8 Å². The first-order chi connectivity index (χ1) is 19.6. The summed E-state index contributed by atoms with van der Waals surface area (Å²) in [5.74, 6) is -0.477. The number of rotatable bonds is 10. The highest BCUT2D eigenvalue weighted by Crippen LogP contribution is 2.38. The van der Waals surface area contributed by atoms with E-state index in [-0.39, 0.29) is 5.25 Å². The van der Waals surface area contributed by atoms with Gasteiger partial charge in [0.15, 0.2) is 6.10 Å². The van der Waals surface area contributed by atoms with E-state index in [2.05, 4.69) is 0 Å². The zero-order valence-electron chi connectivity index (χ0n) is 22.0.